The first kappa shape index (κ1) is 19.2. The van der Waals surface area contributed by atoms with Crippen LogP contribution in [-0.2, 0) is 9.59 Å². The lowest BCUT2D eigenvalue weighted by atomic mass is 9.92. The van der Waals surface area contributed by atoms with E-state index in [9.17, 15) is 14.4 Å². The number of aromatic nitrogens is 2. The second-order valence-corrected chi connectivity index (χ2v) is 7.85. The number of nitrogens with zero attached hydrogens (tertiary/aromatic N) is 2. The second kappa shape index (κ2) is 7.69. The van der Waals surface area contributed by atoms with E-state index < -0.39 is 11.8 Å². The summed E-state index contributed by atoms with van der Waals surface area (Å²) in [6.45, 7) is 4.82. The normalized spacial score (nSPS) is 21.3. The molecule has 2 aliphatic rings. The van der Waals surface area contributed by atoms with Gasteiger partial charge in [0.25, 0.3) is 5.56 Å². The Morgan fingerprint density at radius 1 is 1.28 bits per heavy atom. The lowest BCUT2D eigenvalue weighted by Gasteiger charge is -2.34. The predicted octanol–water partition coefficient (Wildman–Crippen LogP) is 2.52. The van der Waals surface area contributed by atoms with Gasteiger partial charge < -0.3 is 15.5 Å². The molecule has 1 aromatic heterocycles. The number of anilines is 3. The van der Waals surface area contributed by atoms with Crippen molar-refractivity contribution in [2.75, 3.05) is 22.1 Å². The van der Waals surface area contributed by atoms with Crippen LogP contribution in [0.15, 0.2) is 29.1 Å². The Morgan fingerprint density at radius 2 is 2.10 bits per heavy atom. The van der Waals surface area contributed by atoms with Crippen molar-refractivity contribution in [1.29, 1.82) is 0 Å². The van der Waals surface area contributed by atoms with Gasteiger partial charge in [0, 0.05) is 24.7 Å². The van der Waals surface area contributed by atoms with E-state index in [-0.39, 0.29) is 35.3 Å². The first-order valence-corrected chi connectivity index (χ1v) is 10.0. The number of aryl methyl sites for hydroxylation is 1. The number of aromatic amines is 1. The molecule has 8 heteroatoms. The van der Waals surface area contributed by atoms with Gasteiger partial charge in [0.2, 0.25) is 17.8 Å². The quantitative estimate of drug-likeness (QED) is 0.740. The molecule has 4 rings (SSSR count). The number of carbonyl (C=O) groups is 2. The predicted molar refractivity (Wildman–Crippen MR) is 111 cm³/mol. The van der Waals surface area contributed by atoms with Crippen molar-refractivity contribution in [3.05, 3.63) is 45.7 Å². The summed E-state index contributed by atoms with van der Waals surface area (Å²) in [6.07, 6.45) is 3.10. The van der Waals surface area contributed by atoms with E-state index in [2.05, 4.69) is 27.5 Å². The highest BCUT2D eigenvalue weighted by atomic mass is 16.2. The number of H-pyrrole nitrogens is 1. The lowest BCUT2D eigenvalue weighted by Crippen LogP contribution is -2.42. The van der Waals surface area contributed by atoms with Gasteiger partial charge in [-0.15, -0.1) is 0 Å². The minimum absolute atomic E-state index is 0.0884. The summed E-state index contributed by atoms with van der Waals surface area (Å²) in [7, 11) is 0. The Kier molecular flexibility index (Phi) is 5.08. The first-order chi connectivity index (χ1) is 13.9. The van der Waals surface area contributed by atoms with Crippen LogP contribution in [0.2, 0.25) is 0 Å². The highest BCUT2D eigenvalue weighted by Gasteiger charge is 2.35. The summed E-state index contributed by atoms with van der Waals surface area (Å²) < 4.78 is 0. The number of rotatable bonds is 3. The third-order valence-corrected chi connectivity index (χ3v) is 5.62. The van der Waals surface area contributed by atoms with E-state index in [1.165, 1.54) is 0 Å². The summed E-state index contributed by atoms with van der Waals surface area (Å²) in [6, 6.07) is 7.64. The summed E-state index contributed by atoms with van der Waals surface area (Å²) in [5.41, 5.74) is 1.46. The van der Waals surface area contributed by atoms with Gasteiger partial charge in [-0.1, -0.05) is 12.1 Å². The van der Waals surface area contributed by atoms with Crippen molar-refractivity contribution in [2.45, 2.75) is 51.5 Å². The monoisotopic (exact) mass is 395 g/mol. The van der Waals surface area contributed by atoms with Gasteiger partial charge in [0.15, 0.2) is 0 Å². The van der Waals surface area contributed by atoms with Crippen LogP contribution in [0.4, 0.5) is 17.5 Å². The average Bonchev–Trinajstić information content (AvgIpc) is 2.67. The highest BCUT2D eigenvalue weighted by Crippen LogP contribution is 2.31. The molecule has 152 valence electrons. The number of fused-ring (bicyclic) bond motifs is 1. The number of amides is 2. The molecule has 0 saturated carbocycles. The number of hydrogen-bond donors (Lipinski definition) is 3. The zero-order valence-electron chi connectivity index (χ0n) is 16.6. The molecule has 3 N–H and O–H groups in total. The molecular weight excluding hydrogens is 370 g/mol. The first-order valence-electron chi connectivity index (χ1n) is 10.0. The largest absolute Gasteiger partial charge is 0.340 e. The van der Waals surface area contributed by atoms with Crippen molar-refractivity contribution in [3.8, 4) is 0 Å². The Hall–Kier alpha value is -3.16. The van der Waals surface area contributed by atoms with Crippen molar-refractivity contribution in [2.24, 2.45) is 0 Å². The summed E-state index contributed by atoms with van der Waals surface area (Å²) in [5, 5.41) is 5.49. The van der Waals surface area contributed by atoms with E-state index in [0.717, 1.165) is 31.4 Å². The molecule has 0 spiro atoms. The van der Waals surface area contributed by atoms with Crippen molar-refractivity contribution in [1.82, 2.24) is 9.97 Å². The van der Waals surface area contributed by atoms with E-state index in [1.807, 2.05) is 30.0 Å². The Bertz CT molecular complexity index is 1020. The molecule has 2 atom stereocenters. The van der Waals surface area contributed by atoms with E-state index in [4.69, 9.17) is 0 Å². The van der Waals surface area contributed by atoms with Crippen molar-refractivity contribution in [3.63, 3.8) is 0 Å². The molecular formula is C21H25N5O3. The third kappa shape index (κ3) is 3.87. The number of piperidine rings is 1. The van der Waals surface area contributed by atoms with Gasteiger partial charge in [-0.3, -0.25) is 19.4 Å². The standard InChI is InChI=1S/C21H25N5O3/c1-12-6-5-8-14(10-12)22-19(28)15-11-16(27)23-18-17(15)20(29)25-21(24-18)26-9-4-3-7-13(26)2/h5-6,8,10,13,15H,3-4,7,9,11H2,1-2H3,(H,22,28)(H2,23,24,25,27,29)/t13-,15-/m1/s1. The van der Waals surface area contributed by atoms with Crippen LogP contribution in [0.1, 0.15) is 49.7 Å². The number of benzene rings is 1. The molecule has 0 aliphatic carbocycles. The van der Waals surface area contributed by atoms with Crippen molar-refractivity contribution >= 4 is 29.3 Å². The van der Waals surface area contributed by atoms with Gasteiger partial charge in [0.1, 0.15) is 5.82 Å². The van der Waals surface area contributed by atoms with Crippen LogP contribution in [-0.4, -0.2) is 34.4 Å². The molecule has 29 heavy (non-hydrogen) atoms. The Labute approximate surface area is 168 Å². The Balaban J connectivity index is 1.66. The summed E-state index contributed by atoms with van der Waals surface area (Å²) in [5.74, 6) is -0.970. The van der Waals surface area contributed by atoms with Crippen LogP contribution < -0.4 is 21.1 Å². The van der Waals surface area contributed by atoms with E-state index in [1.54, 1.807) is 6.07 Å². The van der Waals surface area contributed by atoms with Crippen molar-refractivity contribution < 1.29 is 9.59 Å². The maximum absolute atomic E-state index is 12.9. The van der Waals surface area contributed by atoms with Gasteiger partial charge >= 0.3 is 0 Å². The molecule has 0 unspecified atom stereocenters. The zero-order chi connectivity index (χ0) is 20.5. The zero-order valence-corrected chi connectivity index (χ0v) is 16.6. The third-order valence-electron chi connectivity index (χ3n) is 5.62. The van der Waals surface area contributed by atoms with Crippen LogP contribution in [0.5, 0.6) is 0 Å². The van der Waals surface area contributed by atoms with Gasteiger partial charge in [-0.05, 0) is 50.8 Å². The maximum Gasteiger partial charge on any atom is 0.258 e. The SMILES string of the molecule is Cc1cccc(NC(=O)[C@@H]2CC(=O)Nc3nc(N4CCCC[C@H]4C)[nH]c(=O)c32)c1. The fourth-order valence-electron chi connectivity index (χ4n) is 4.08. The molecule has 1 saturated heterocycles. The van der Waals surface area contributed by atoms with Gasteiger partial charge in [-0.25, -0.2) is 0 Å². The van der Waals surface area contributed by atoms with Crippen LogP contribution in [0.25, 0.3) is 0 Å². The smallest absolute Gasteiger partial charge is 0.258 e. The lowest BCUT2D eigenvalue weighted by molar-refractivity contribution is -0.123. The molecule has 2 aromatic rings. The molecule has 3 heterocycles. The average molecular weight is 395 g/mol. The van der Waals surface area contributed by atoms with E-state index in [0.29, 0.717) is 11.6 Å². The van der Waals surface area contributed by atoms with Gasteiger partial charge in [-0.2, -0.15) is 4.98 Å². The molecule has 2 aliphatic heterocycles. The molecule has 1 aromatic carbocycles. The van der Waals surface area contributed by atoms with Crippen LogP contribution in [0.3, 0.4) is 0 Å². The molecule has 1 fully saturated rings. The van der Waals surface area contributed by atoms with E-state index >= 15 is 0 Å². The van der Waals surface area contributed by atoms with Crippen LogP contribution in [0, 0.1) is 6.92 Å². The second-order valence-electron chi connectivity index (χ2n) is 7.85. The topological polar surface area (TPSA) is 107 Å². The highest BCUT2D eigenvalue weighted by molar-refractivity contribution is 6.04. The maximum atomic E-state index is 12.9. The number of nitrogens with one attached hydrogen (secondary N) is 3. The fourth-order valence-corrected chi connectivity index (χ4v) is 4.08. The minimum atomic E-state index is -0.886. The molecule has 0 bridgehead atoms. The molecule has 8 nitrogen and oxygen atoms in total. The number of hydrogen-bond acceptors (Lipinski definition) is 5. The van der Waals surface area contributed by atoms with Crippen LogP contribution >= 0.6 is 0 Å². The summed E-state index contributed by atoms with van der Waals surface area (Å²) >= 11 is 0. The Morgan fingerprint density at radius 3 is 2.86 bits per heavy atom. The van der Waals surface area contributed by atoms with Gasteiger partial charge in [0.05, 0.1) is 11.5 Å². The molecule has 0 radical (unpaired) electrons. The number of carbonyl (C=O) groups excluding carboxylic acids is 2. The minimum Gasteiger partial charge on any atom is -0.340 e. The fraction of sp³-hybridized carbons (Fsp3) is 0.429. The summed E-state index contributed by atoms with van der Waals surface area (Å²) in [4.78, 5) is 47.5. The molecule has 2 amide bonds.